The number of aromatic nitrogens is 3. The van der Waals surface area contributed by atoms with E-state index in [9.17, 15) is 4.79 Å². The molecule has 9 heteroatoms. The molecule has 1 fully saturated rings. The van der Waals surface area contributed by atoms with Gasteiger partial charge in [0, 0.05) is 36.6 Å². The van der Waals surface area contributed by atoms with Crippen LogP contribution in [0.2, 0.25) is 0 Å². The molecule has 1 aliphatic heterocycles. The van der Waals surface area contributed by atoms with Gasteiger partial charge in [0.1, 0.15) is 5.69 Å². The van der Waals surface area contributed by atoms with E-state index in [0.29, 0.717) is 36.3 Å². The molecule has 0 saturated carbocycles. The molecule has 0 radical (unpaired) electrons. The molecule has 3 aromatic heterocycles. The lowest BCUT2D eigenvalue weighted by molar-refractivity contribution is 0.0546. The van der Waals surface area contributed by atoms with E-state index in [1.165, 1.54) is 16.9 Å². The van der Waals surface area contributed by atoms with Crippen LogP contribution < -0.4 is 0 Å². The molecule has 8 nitrogen and oxygen atoms in total. The van der Waals surface area contributed by atoms with Gasteiger partial charge in [-0.05, 0) is 32.9 Å². The van der Waals surface area contributed by atoms with Crippen molar-refractivity contribution in [3.05, 3.63) is 64.7 Å². The molecule has 0 unspecified atom stereocenters. The zero-order valence-corrected chi connectivity index (χ0v) is 19.6. The topological polar surface area (TPSA) is 88.5 Å². The van der Waals surface area contributed by atoms with E-state index >= 15 is 0 Å². The van der Waals surface area contributed by atoms with Crippen LogP contribution in [0.4, 0.5) is 0 Å². The average molecular weight is 464 g/mol. The molecule has 170 valence electrons. The lowest BCUT2D eigenvalue weighted by Gasteiger charge is -2.36. The van der Waals surface area contributed by atoms with Crippen molar-refractivity contribution in [2.75, 3.05) is 26.2 Å². The van der Waals surface area contributed by atoms with Gasteiger partial charge in [0.2, 0.25) is 11.7 Å². The summed E-state index contributed by atoms with van der Waals surface area (Å²) in [7, 11) is 0. The Bertz CT molecular complexity index is 1240. The number of carbonyl (C=O) groups is 1. The van der Waals surface area contributed by atoms with E-state index in [4.69, 9.17) is 8.94 Å². The molecule has 1 amide bonds. The monoisotopic (exact) mass is 463 g/mol. The van der Waals surface area contributed by atoms with Crippen molar-refractivity contribution in [1.29, 1.82) is 0 Å². The summed E-state index contributed by atoms with van der Waals surface area (Å²) in [6.07, 6.45) is 1.61. The van der Waals surface area contributed by atoms with Gasteiger partial charge in [-0.2, -0.15) is 4.98 Å². The highest BCUT2D eigenvalue weighted by Crippen LogP contribution is 2.29. The second kappa shape index (κ2) is 8.92. The maximum Gasteiger partial charge on any atom is 0.273 e. The molecule has 0 bridgehead atoms. The summed E-state index contributed by atoms with van der Waals surface area (Å²) >= 11 is 1.48. The summed E-state index contributed by atoms with van der Waals surface area (Å²) in [5.74, 6) is 1.83. The van der Waals surface area contributed by atoms with Crippen molar-refractivity contribution < 1.29 is 13.7 Å². The van der Waals surface area contributed by atoms with Crippen LogP contribution in [0.1, 0.15) is 39.8 Å². The minimum Gasteiger partial charge on any atom is -0.462 e. The summed E-state index contributed by atoms with van der Waals surface area (Å²) in [6.45, 7) is 8.73. The number of hydrogen-bond acceptors (Lipinski definition) is 8. The Kier molecular flexibility index (Phi) is 5.82. The Morgan fingerprint density at radius 3 is 2.52 bits per heavy atom. The molecule has 4 heterocycles. The fraction of sp³-hybridized carbons (Fsp3) is 0.333. The highest BCUT2D eigenvalue weighted by molar-refractivity contribution is 7.15. The standard InChI is InChI=1S/C24H25N5O3S/c1-15-6-8-18(9-7-15)21-26-22(32-27-21)16(2)28-10-12-29(13-11-28)24(30)20-17(3)33-23(25-20)19-5-4-14-31-19/h4-9,14,16H,10-13H2,1-3H3/t16-/m1/s1. The number of furan rings is 1. The number of carbonyl (C=O) groups excluding carboxylic acids is 1. The van der Waals surface area contributed by atoms with E-state index in [1.54, 1.807) is 6.26 Å². The van der Waals surface area contributed by atoms with Crippen LogP contribution in [0.5, 0.6) is 0 Å². The van der Waals surface area contributed by atoms with E-state index in [2.05, 4.69) is 26.9 Å². The Morgan fingerprint density at radius 1 is 1.06 bits per heavy atom. The van der Waals surface area contributed by atoms with Crippen LogP contribution in [-0.4, -0.2) is 57.0 Å². The SMILES string of the molecule is Cc1ccc(-c2noc([C@@H](C)N3CCN(C(=O)c4nc(-c5ccco5)sc4C)CC3)n2)cc1. The highest BCUT2D eigenvalue weighted by Gasteiger charge is 2.30. The predicted molar refractivity (Wildman–Crippen MR) is 125 cm³/mol. The van der Waals surface area contributed by atoms with E-state index in [1.807, 2.05) is 55.1 Å². The van der Waals surface area contributed by atoms with Crippen molar-refractivity contribution in [2.24, 2.45) is 0 Å². The van der Waals surface area contributed by atoms with Crippen molar-refractivity contribution in [3.63, 3.8) is 0 Å². The van der Waals surface area contributed by atoms with Crippen LogP contribution in [0, 0.1) is 13.8 Å². The first kappa shape index (κ1) is 21.5. The van der Waals surface area contributed by atoms with Crippen LogP contribution in [0.25, 0.3) is 22.2 Å². The van der Waals surface area contributed by atoms with Gasteiger partial charge in [-0.25, -0.2) is 4.98 Å². The fourth-order valence-electron chi connectivity index (χ4n) is 3.94. The zero-order valence-electron chi connectivity index (χ0n) is 18.8. The van der Waals surface area contributed by atoms with Gasteiger partial charge in [0.15, 0.2) is 10.8 Å². The third kappa shape index (κ3) is 4.34. The minimum atomic E-state index is -0.0340. The largest absolute Gasteiger partial charge is 0.462 e. The average Bonchev–Trinajstić information content (AvgIpc) is 3.60. The first-order valence-electron chi connectivity index (χ1n) is 10.9. The van der Waals surface area contributed by atoms with Crippen molar-refractivity contribution >= 4 is 17.2 Å². The number of hydrogen-bond donors (Lipinski definition) is 0. The maximum absolute atomic E-state index is 13.1. The van der Waals surface area contributed by atoms with E-state index < -0.39 is 0 Å². The molecule has 5 rings (SSSR count). The Labute approximate surface area is 195 Å². The predicted octanol–water partition coefficient (Wildman–Crippen LogP) is 4.59. The molecule has 1 aliphatic rings. The normalized spacial score (nSPS) is 15.7. The van der Waals surface area contributed by atoms with Crippen LogP contribution in [0.3, 0.4) is 0 Å². The van der Waals surface area contributed by atoms with Crippen molar-refractivity contribution in [1.82, 2.24) is 24.9 Å². The third-order valence-electron chi connectivity index (χ3n) is 5.99. The highest BCUT2D eigenvalue weighted by atomic mass is 32.1. The summed E-state index contributed by atoms with van der Waals surface area (Å²) in [5, 5.41) is 4.89. The number of nitrogens with zero attached hydrogens (tertiary/aromatic N) is 5. The van der Waals surface area contributed by atoms with E-state index in [-0.39, 0.29) is 11.9 Å². The number of benzene rings is 1. The van der Waals surface area contributed by atoms with Gasteiger partial charge in [0.25, 0.3) is 5.91 Å². The van der Waals surface area contributed by atoms with Gasteiger partial charge < -0.3 is 13.8 Å². The third-order valence-corrected chi connectivity index (χ3v) is 6.97. The Balaban J connectivity index is 1.22. The molecule has 1 saturated heterocycles. The lowest BCUT2D eigenvalue weighted by atomic mass is 10.1. The Hall–Kier alpha value is -3.30. The van der Waals surface area contributed by atoms with Crippen LogP contribution >= 0.6 is 11.3 Å². The fourth-order valence-corrected chi connectivity index (χ4v) is 4.82. The molecule has 0 aliphatic carbocycles. The number of thiazole rings is 1. The molecule has 4 aromatic rings. The number of rotatable bonds is 5. The minimum absolute atomic E-state index is 0.0273. The second-order valence-corrected chi connectivity index (χ2v) is 9.43. The van der Waals surface area contributed by atoms with Gasteiger partial charge in [-0.1, -0.05) is 35.0 Å². The summed E-state index contributed by atoms with van der Waals surface area (Å²) < 4.78 is 11.0. The van der Waals surface area contributed by atoms with Gasteiger partial charge in [0.05, 0.1) is 12.3 Å². The number of piperazine rings is 1. The maximum atomic E-state index is 13.1. The smallest absolute Gasteiger partial charge is 0.273 e. The molecule has 33 heavy (non-hydrogen) atoms. The summed E-state index contributed by atoms with van der Waals surface area (Å²) in [6, 6.07) is 11.7. The molecular formula is C24H25N5O3S. The van der Waals surface area contributed by atoms with Crippen molar-refractivity contribution in [2.45, 2.75) is 26.8 Å². The van der Waals surface area contributed by atoms with Crippen molar-refractivity contribution in [3.8, 4) is 22.2 Å². The van der Waals surface area contributed by atoms with Gasteiger partial charge >= 0.3 is 0 Å². The first-order chi connectivity index (χ1) is 16.0. The summed E-state index contributed by atoms with van der Waals surface area (Å²) in [4.78, 5) is 27.3. The molecule has 0 spiro atoms. The van der Waals surface area contributed by atoms with E-state index in [0.717, 1.165) is 28.5 Å². The van der Waals surface area contributed by atoms with Gasteiger partial charge in [-0.15, -0.1) is 11.3 Å². The summed E-state index contributed by atoms with van der Waals surface area (Å²) in [5.41, 5.74) is 2.63. The Morgan fingerprint density at radius 2 is 1.82 bits per heavy atom. The second-order valence-electron chi connectivity index (χ2n) is 8.23. The lowest BCUT2D eigenvalue weighted by Crippen LogP contribution is -2.49. The van der Waals surface area contributed by atoms with Crippen LogP contribution in [-0.2, 0) is 0 Å². The zero-order chi connectivity index (χ0) is 22.9. The van der Waals surface area contributed by atoms with Gasteiger partial charge in [-0.3, -0.25) is 9.69 Å². The molecule has 1 aromatic carbocycles. The molecule has 0 N–H and O–H groups in total. The van der Waals surface area contributed by atoms with Crippen LogP contribution in [0.15, 0.2) is 51.6 Å². The number of aryl methyl sites for hydroxylation is 2. The molecule has 1 atom stereocenters. The molecular weight excluding hydrogens is 438 g/mol. The quantitative estimate of drug-likeness (QED) is 0.428. The first-order valence-corrected chi connectivity index (χ1v) is 11.8. The number of amides is 1.